The SMILES string of the molecule is CNC(=O)Cn1cnc(NC(=O)c2ccc(F)cc2)n1. The topological polar surface area (TPSA) is 88.9 Å². The largest absolute Gasteiger partial charge is 0.358 e. The first-order chi connectivity index (χ1) is 9.58. The maximum atomic E-state index is 12.7. The predicted molar refractivity (Wildman–Crippen MR) is 68.4 cm³/mol. The van der Waals surface area contributed by atoms with Gasteiger partial charge < -0.3 is 5.32 Å². The Kier molecular flexibility index (Phi) is 4.04. The fraction of sp³-hybridized carbons (Fsp3) is 0.167. The molecule has 20 heavy (non-hydrogen) atoms. The molecule has 8 heteroatoms. The fourth-order valence-electron chi connectivity index (χ4n) is 1.43. The summed E-state index contributed by atoms with van der Waals surface area (Å²) in [6.45, 7) is 0.00984. The maximum Gasteiger partial charge on any atom is 0.258 e. The summed E-state index contributed by atoms with van der Waals surface area (Å²) in [5.74, 6) is -1.04. The van der Waals surface area contributed by atoms with Crippen LogP contribution in [0.4, 0.5) is 10.3 Å². The fourth-order valence-corrected chi connectivity index (χ4v) is 1.43. The van der Waals surface area contributed by atoms with E-state index >= 15 is 0 Å². The molecule has 0 saturated carbocycles. The smallest absolute Gasteiger partial charge is 0.258 e. The van der Waals surface area contributed by atoms with Crippen molar-refractivity contribution in [1.29, 1.82) is 0 Å². The number of rotatable bonds is 4. The van der Waals surface area contributed by atoms with Crippen molar-refractivity contribution < 1.29 is 14.0 Å². The summed E-state index contributed by atoms with van der Waals surface area (Å²) in [4.78, 5) is 26.8. The third kappa shape index (κ3) is 3.37. The molecular weight excluding hydrogens is 265 g/mol. The van der Waals surface area contributed by atoms with Crippen LogP contribution in [-0.2, 0) is 11.3 Å². The zero-order valence-electron chi connectivity index (χ0n) is 10.6. The summed E-state index contributed by atoms with van der Waals surface area (Å²) >= 11 is 0. The second kappa shape index (κ2) is 5.91. The number of anilines is 1. The first-order valence-corrected chi connectivity index (χ1v) is 5.75. The summed E-state index contributed by atoms with van der Waals surface area (Å²) in [6, 6.07) is 5.08. The number of halogens is 1. The molecule has 2 aromatic rings. The van der Waals surface area contributed by atoms with E-state index in [1.807, 2.05) is 0 Å². The Balaban J connectivity index is 2.01. The number of carbonyl (C=O) groups is 2. The monoisotopic (exact) mass is 277 g/mol. The highest BCUT2D eigenvalue weighted by Crippen LogP contribution is 2.05. The highest BCUT2D eigenvalue weighted by atomic mass is 19.1. The third-order valence-electron chi connectivity index (χ3n) is 2.45. The van der Waals surface area contributed by atoms with E-state index in [-0.39, 0.29) is 24.0 Å². The molecule has 2 N–H and O–H groups in total. The van der Waals surface area contributed by atoms with Gasteiger partial charge in [0.2, 0.25) is 11.9 Å². The zero-order chi connectivity index (χ0) is 14.5. The molecule has 0 unspecified atom stereocenters. The molecule has 0 atom stereocenters. The number of hydrogen-bond donors (Lipinski definition) is 2. The van der Waals surface area contributed by atoms with E-state index in [4.69, 9.17) is 0 Å². The van der Waals surface area contributed by atoms with Gasteiger partial charge in [-0.1, -0.05) is 0 Å². The molecule has 1 aromatic carbocycles. The van der Waals surface area contributed by atoms with Gasteiger partial charge in [0.1, 0.15) is 18.7 Å². The number of likely N-dealkylation sites (N-methyl/N-ethyl adjacent to an activating group) is 1. The highest BCUT2D eigenvalue weighted by Gasteiger charge is 2.10. The van der Waals surface area contributed by atoms with Crippen LogP contribution in [0.15, 0.2) is 30.6 Å². The van der Waals surface area contributed by atoms with Crippen molar-refractivity contribution in [3.63, 3.8) is 0 Å². The Hall–Kier alpha value is -2.77. The first kappa shape index (κ1) is 13.7. The predicted octanol–water partition coefficient (Wildman–Crippen LogP) is 0.415. The molecule has 1 aromatic heterocycles. The molecule has 0 aliphatic carbocycles. The Bertz CT molecular complexity index is 623. The van der Waals surface area contributed by atoms with Crippen molar-refractivity contribution in [2.75, 3.05) is 12.4 Å². The molecule has 7 nitrogen and oxygen atoms in total. The van der Waals surface area contributed by atoms with Crippen LogP contribution >= 0.6 is 0 Å². The number of amides is 2. The minimum absolute atomic E-state index is 0.00984. The molecule has 0 spiro atoms. The number of hydrogen-bond acceptors (Lipinski definition) is 4. The van der Waals surface area contributed by atoms with Crippen LogP contribution in [0.2, 0.25) is 0 Å². The number of nitrogens with zero attached hydrogens (tertiary/aromatic N) is 3. The maximum absolute atomic E-state index is 12.7. The molecule has 0 radical (unpaired) electrons. The molecule has 2 rings (SSSR count). The van der Waals surface area contributed by atoms with Crippen molar-refractivity contribution in [1.82, 2.24) is 20.1 Å². The summed E-state index contributed by atoms with van der Waals surface area (Å²) in [6.07, 6.45) is 1.33. The average molecular weight is 277 g/mol. The number of benzene rings is 1. The molecule has 1 heterocycles. The van der Waals surface area contributed by atoms with Crippen LogP contribution < -0.4 is 10.6 Å². The van der Waals surface area contributed by atoms with Crippen molar-refractivity contribution >= 4 is 17.8 Å². The van der Waals surface area contributed by atoms with Gasteiger partial charge in [-0.3, -0.25) is 14.9 Å². The summed E-state index contributed by atoms with van der Waals surface area (Å²) in [5, 5.41) is 8.82. The average Bonchev–Trinajstić information content (AvgIpc) is 2.86. The van der Waals surface area contributed by atoms with Crippen molar-refractivity contribution in [3.8, 4) is 0 Å². The standard InChI is InChI=1S/C12H12FN5O2/c1-14-10(19)6-18-7-15-12(17-18)16-11(20)8-2-4-9(13)5-3-8/h2-5,7H,6H2,1H3,(H,14,19)(H,16,17,20). The zero-order valence-corrected chi connectivity index (χ0v) is 10.6. The van der Waals surface area contributed by atoms with Gasteiger partial charge in [0.25, 0.3) is 5.91 Å². The molecular formula is C12H12FN5O2. The Labute approximate surface area is 113 Å². The van der Waals surface area contributed by atoms with Crippen LogP contribution in [0.25, 0.3) is 0 Å². The number of nitrogens with one attached hydrogen (secondary N) is 2. The van der Waals surface area contributed by atoms with E-state index in [0.717, 1.165) is 0 Å². The van der Waals surface area contributed by atoms with Crippen LogP contribution in [0.3, 0.4) is 0 Å². The molecule has 0 aliphatic rings. The van der Waals surface area contributed by atoms with E-state index in [2.05, 4.69) is 20.7 Å². The van der Waals surface area contributed by atoms with E-state index in [1.54, 1.807) is 0 Å². The van der Waals surface area contributed by atoms with Gasteiger partial charge in [-0.2, -0.15) is 0 Å². The van der Waals surface area contributed by atoms with Crippen LogP contribution in [-0.4, -0.2) is 33.6 Å². The molecule has 0 bridgehead atoms. The van der Waals surface area contributed by atoms with E-state index in [9.17, 15) is 14.0 Å². The van der Waals surface area contributed by atoms with Gasteiger partial charge in [-0.05, 0) is 24.3 Å². The van der Waals surface area contributed by atoms with Gasteiger partial charge in [-0.15, -0.1) is 5.10 Å². The number of carbonyl (C=O) groups excluding carboxylic acids is 2. The minimum atomic E-state index is -0.456. The van der Waals surface area contributed by atoms with Crippen LogP contribution in [0.5, 0.6) is 0 Å². The van der Waals surface area contributed by atoms with E-state index in [0.29, 0.717) is 0 Å². The lowest BCUT2D eigenvalue weighted by molar-refractivity contribution is -0.121. The summed E-state index contributed by atoms with van der Waals surface area (Å²) < 4.78 is 14.0. The highest BCUT2D eigenvalue weighted by molar-refractivity contribution is 6.03. The van der Waals surface area contributed by atoms with Crippen LogP contribution in [0, 0.1) is 5.82 Å². The lowest BCUT2D eigenvalue weighted by Gasteiger charge is -2.01. The first-order valence-electron chi connectivity index (χ1n) is 5.75. The quantitative estimate of drug-likeness (QED) is 0.847. The Morgan fingerprint density at radius 2 is 2.00 bits per heavy atom. The third-order valence-corrected chi connectivity index (χ3v) is 2.45. The molecule has 2 amide bonds. The van der Waals surface area contributed by atoms with Gasteiger partial charge in [0, 0.05) is 12.6 Å². The Morgan fingerprint density at radius 1 is 1.30 bits per heavy atom. The summed E-state index contributed by atoms with van der Waals surface area (Å²) in [5.41, 5.74) is 0.286. The Morgan fingerprint density at radius 3 is 2.65 bits per heavy atom. The molecule has 0 saturated heterocycles. The number of aromatic nitrogens is 3. The second-order valence-corrected chi connectivity index (χ2v) is 3.90. The molecule has 104 valence electrons. The van der Waals surface area contributed by atoms with E-state index in [1.165, 1.54) is 42.3 Å². The molecule has 0 aliphatic heterocycles. The van der Waals surface area contributed by atoms with Crippen molar-refractivity contribution in [3.05, 3.63) is 42.0 Å². The second-order valence-electron chi connectivity index (χ2n) is 3.90. The van der Waals surface area contributed by atoms with Gasteiger partial charge in [0.15, 0.2) is 0 Å². The lowest BCUT2D eigenvalue weighted by atomic mass is 10.2. The minimum Gasteiger partial charge on any atom is -0.358 e. The lowest BCUT2D eigenvalue weighted by Crippen LogP contribution is -2.23. The van der Waals surface area contributed by atoms with Crippen molar-refractivity contribution in [2.45, 2.75) is 6.54 Å². The normalized spacial score (nSPS) is 10.1. The summed E-state index contributed by atoms with van der Waals surface area (Å²) in [7, 11) is 1.51. The van der Waals surface area contributed by atoms with Gasteiger partial charge >= 0.3 is 0 Å². The van der Waals surface area contributed by atoms with E-state index < -0.39 is 11.7 Å². The van der Waals surface area contributed by atoms with Crippen LogP contribution in [0.1, 0.15) is 10.4 Å². The van der Waals surface area contributed by atoms with Gasteiger partial charge in [-0.25, -0.2) is 14.1 Å². The van der Waals surface area contributed by atoms with Gasteiger partial charge in [0.05, 0.1) is 0 Å². The van der Waals surface area contributed by atoms with Crippen molar-refractivity contribution in [2.24, 2.45) is 0 Å². The molecule has 0 fully saturated rings.